The summed E-state index contributed by atoms with van der Waals surface area (Å²) < 4.78 is 0. The number of aliphatic hydroxyl groups is 8. The highest BCUT2D eigenvalue weighted by atomic mass is 16.4. The van der Waals surface area contributed by atoms with Crippen molar-refractivity contribution in [3.05, 3.63) is 92.5 Å². The van der Waals surface area contributed by atoms with E-state index in [1.165, 1.54) is 50.1 Å². The van der Waals surface area contributed by atoms with Crippen LogP contribution in [-0.2, 0) is 28.8 Å². The first-order valence-electron chi connectivity index (χ1n) is 20.0. The van der Waals surface area contributed by atoms with E-state index in [0.717, 1.165) is 0 Å². The largest absolute Gasteiger partial charge is 0.508 e. The Hall–Kier alpha value is -6.46. The number of carbonyl (C=O) groups excluding carboxylic acids is 6. The van der Waals surface area contributed by atoms with Crippen molar-refractivity contribution in [1.82, 2.24) is 9.80 Å². The molecule has 6 aliphatic carbocycles. The molecule has 16 N–H and O–H groups in total. The van der Waals surface area contributed by atoms with Crippen molar-refractivity contribution < 1.29 is 85.3 Å². The van der Waals surface area contributed by atoms with Crippen LogP contribution >= 0.6 is 0 Å². The van der Waals surface area contributed by atoms with E-state index >= 15 is 0 Å². The molecule has 65 heavy (non-hydrogen) atoms. The maximum atomic E-state index is 13.7. The molecule has 0 bridgehead atoms. The second-order valence-corrected chi connectivity index (χ2v) is 17.6. The minimum atomic E-state index is -2.89. The number of Topliss-reactive ketones (excluding diaryl/α,β-unsaturated/α-hetero) is 4. The van der Waals surface area contributed by atoms with Gasteiger partial charge < -0.3 is 68.0 Å². The summed E-state index contributed by atoms with van der Waals surface area (Å²) in [4.78, 5) is 79.9. The summed E-state index contributed by atoms with van der Waals surface area (Å²) >= 11 is 0. The van der Waals surface area contributed by atoms with Gasteiger partial charge in [0.2, 0.25) is 11.6 Å². The van der Waals surface area contributed by atoms with Crippen LogP contribution in [0.15, 0.2) is 70.2 Å². The first-order chi connectivity index (χ1) is 29.7. The lowest BCUT2D eigenvalue weighted by Gasteiger charge is -2.53. The molecule has 0 aromatic heterocycles. The molecule has 0 saturated heterocycles. The van der Waals surface area contributed by atoms with Crippen molar-refractivity contribution in [2.45, 2.75) is 61.2 Å². The summed E-state index contributed by atoms with van der Waals surface area (Å²) in [6, 6.07) is 6.26. The lowest BCUT2D eigenvalue weighted by atomic mass is 9.54. The van der Waals surface area contributed by atoms with Gasteiger partial charge in [0.25, 0.3) is 11.8 Å². The Labute approximate surface area is 369 Å². The van der Waals surface area contributed by atoms with Gasteiger partial charge in [-0.05, 0) is 63.3 Å². The van der Waals surface area contributed by atoms with Gasteiger partial charge in [0.05, 0.1) is 47.3 Å². The number of likely N-dealkylation sites (N-methyl/N-ethyl adjacent to an activating group) is 2. The number of carbonyl (C=O) groups is 6. The van der Waals surface area contributed by atoms with Gasteiger partial charge in [0, 0.05) is 23.0 Å². The third-order valence-corrected chi connectivity index (χ3v) is 14.0. The number of fused-ring (bicyclic) bond motifs is 6. The molecule has 12 atom stereocenters. The van der Waals surface area contributed by atoms with Crippen LogP contribution in [-0.4, -0.2) is 165 Å². The molecule has 0 unspecified atom stereocenters. The van der Waals surface area contributed by atoms with E-state index in [4.69, 9.17) is 11.5 Å². The molecule has 348 valence electrons. The lowest BCUT2D eigenvalue weighted by Crippen LogP contribution is -2.70. The second-order valence-electron chi connectivity index (χ2n) is 17.6. The molecule has 21 nitrogen and oxygen atoms in total. The van der Waals surface area contributed by atoms with Gasteiger partial charge in [0.15, 0.2) is 22.8 Å². The molecule has 0 aliphatic heterocycles. The zero-order chi connectivity index (χ0) is 47.7. The second kappa shape index (κ2) is 15.9. The molecule has 2 fully saturated rings. The monoisotopic (exact) mass is 906 g/mol. The van der Waals surface area contributed by atoms with Crippen LogP contribution < -0.4 is 11.5 Å². The highest BCUT2D eigenvalue weighted by Gasteiger charge is 2.70. The third kappa shape index (κ3) is 6.18. The Balaban J connectivity index is 0.000000212. The molecule has 0 heterocycles. The fraction of sp³-hybridized carbons (Fsp3) is 0.409. The zero-order valence-electron chi connectivity index (χ0n) is 35.7. The van der Waals surface area contributed by atoms with Gasteiger partial charge >= 0.3 is 0 Å². The van der Waals surface area contributed by atoms with E-state index in [2.05, 4.69) is 0 Å². The highest BCUT2D eigenvalue weighted by molar-refractivity contribution is 6.26. The van der Waals surface area contributed by atoms with Crippen LogP contribution in [0.5, 0.6) is 11.5 Å². The van der Waals surface area contributed by atoms with Crippen molar-refractivity contribution in [1.29, 1.82) is 0 Å². The molecule has 21 heteroatoms. The van der Waals surface area contributed by atoms with Crippen molar-refractivity contribution in [2.75, 3.05) is 28.2 Å². The van der Waals surface area contributed by atoms with E-state index in [0.29, 0.717) is 11.1 Å². The summed E-state index contributed by atoms with van der Waals surface area (Å²) in [5.74, 6) is -17.7. The van der Waals surface area contributed by atoms with E-state index in [9.17, 15) is 79.8 Å². The number of phenolic OH excluding ortho intramolecular Hbond substituents is 2. The van der Waals surface area contributed by atoms with E-state index in [-0.39, 0.29) is 28.1 Å². The molecule has 0 spiro atoms. The predicted molar refractivity (Wildman–Crippen MR) is 224 cm³/mol. The lowest BCUT2D eigenvalue weighted by molar-refractivity contribution is -0.170. The van der Waals surface area contributed by atoms with Crippen LogP contribution in [0.25, 0.3) is 11.5 Å². The van der Waals surface area contributed by atoms with Crippen molar-refractivity contribution in [3.8, 4) is 11.5 Å². The van der Waals surface area contributed by atoms with Gasteiger partial charge in [-0.25, -0.2) is 0 Å². The first kappa shape index (κ1) is 48.0. The predicted octanol–water partition coefficient (Wildman–Crippen LogP) is -1.83. The summed E-state index contributed by atoms with van der Waals surface area (Å²) in [7, 11) is 5.84. The number of rotatable bonds is 4. The Bertz CT molecular complexity index is 2450. The molecule has 2 aromatic carbocycles. The summed E-state index contributed by atoms with van der Waals surface area (Å²) in [5, 5.41) is 110. The Morgan fingerprint density at radius 1 is 0.585 bits per heavy atom. The van der Waals surface area contributed by atoms with Crippen LogP contribution in [0, 0.1) is 23.7 Å². The smallest absolute Gasteiger partial charge is 0.255 e. The number of hydrogen-bond acceptors (Lipinski definition) is 18. The SMILES string of the molecule is C[C@H]1c2cccc(O)c2C(O)=C2C(=O)[C@]3(O)C(O)=C(C(N)=O)C(=O)[C@@H](N(C)C)[C@H]3[C@@H](O)[C@@H]21.C[C@H]1c2cccc(O)c2C(O)=C2C(=O)[C@]3(O)C(O)=C(C(N)=O)C(=O)[C@@H](N(C)C)[C@H]3[C@@H](O)[C@@H]21.O. The fourth-order valence-electron chi connectivity index (χ4n) is 11.2. The zero-order valence-corrected chi connectivity index (χ0v) is 35.7. The third-order valence-electron chi connectivity index (χ3n) is 14.0. The maximum absolute atomic E-state index is 13.7. The Kier molecular flexibility index (Phi) is 11.7. The van der Waals surface area contributed by atoms with Gasteiger partial charge in [0.1, 0.15) is 45.7 Å². The first-order valence-corrected chi connectivity index (χ1v) is 20.0. The number of primary amides is 2. The molecule has 2 aromatic rings. The van der Waals surface area contributed by atoms with Crippen LogP contribution in [0.2, 0.25) is 0 Å². The van der Waals surface area contributed by atoms with E-state index in [1.807, 2.05) is 0 Å². The van der Waals surface area contributed by atoms with Crippen molar-refractivity contribution >= 4 is 46.5 Å². The number of aliphatic hydroxyl groups excluding tert-OH is 6. The number of nitrogens with two attached hydrogens (primary N) is 2. The molecule has 2 amide bonds. The van der Waals surface area contributed by atoms with Gasteiger partial charge in [-0.1, -0.05) is 38.1 Å². The van der Waals surface area contributed by atoms with Crippen LogP contribution in [0.3, 0.4) is 0 Å². The van der Waals surface area contributed by atoms with Gasteiger partial charge in [-0.2, -0.15) is 0 Å². The number of ketones is 4. The van der Waals surface area contributed by atoms with E-state index < -0.39 is 151 Å². The van der Waals surface area contributed by atoms with Gasteiger partial charge in [-0.15, -0.1) is 0 Å². The molecule has 2 saturated carbocycles. The number of benzene rings is 2. The average molecular weight is 907 g/mol. The minimum absolute atomic E-state index is 0. The van der Waals surface area contributed by atoms with E-state index in [1.54, 1.807) is 38.1 Å². The van der Waals surface area contributed by atoms with Crippen molar-refractivity contribution in [2.24, 2.45) is 35.1 Å². The topological polar surface area (TPSA) is 395 Å². The normalized spacial score (nSPS) is 33.8. The number of amides is 2. The fourth-order valence-corrected chi connectivity index (χ4v) is 11.2. The highest BCUT2D eigenvalue weighted by Crippen LogP contribution is 2.58. The van der Waals surface area contributed by atoms with Crippen LogP contribution in [0.4, 0.5) is 0 Å². The molecule has 0 radical (unpaired) electrons. The number of aromatic hydroxyl groups is 2. The standard InChI is InChI=1S/2C22H24N2O8.H2O/c2*1-7-8-5-4-6-9(25)11(8)16(26)12-10(7)17(27)14-15(24(2)3)18(28)13(21(23)31)20(30)22(14,32)19(12)29;/h2*4-7,10,14-15,17,25-27,30,32H,1-3H3,(H2,23,31);1H2/t2*7-,10+,14-,15-,17-,22-;/m00./s1. The summed E-state index contributed by atoms with van der Waals surface area (Å²) in [6.07, 6.45) is -3.18. The number of phenols is 2. The number of nitrogens with zero attached hydrogens (tertiary/aromatic N) is 2. The minimum Gasteiger partial charge on any atom is -0.508 e. The quantitative estimate of drug-likeness (QED) is 0.150. The Morgan fingerprint density at radius 2 is 0.892 bits per heavy atom. The molecule has 6 aliphatic rings. The molecule has 8 rings (SSSR count). The van der Waals surface area contributed by atoms with Gasteiger partial charge in [-0.3, -0.25) is 38.6 Å². The maximum Gasteiger partial charge on any atom is 0.255 e. The summed E-state index contributed by atoms with van der Waals surface area (Å²) in [6.45, 7) is 3.35. The Morgan fingerprint density at radius 3 is 1.17 bits per heavy atom. The van der Waals surface area contributed by atoms with Crippen molar-refractivity contribution in [3.63, 3.8) is 0 Å². The number of hydrogen-bond donors (Lipinski definition) is 12. The molecular formula is C44H50N4O17. The average Bonchev–Trinajstić information content (AvgIpc) is 3.20. The van der Waals surface area contributed by atoms with Crippen LogP contribution in [0.1, 0.15) is 47.9 Å². The molecular weight excluding hydrogens is 856 g/mol. The summed E-state index contributed by atoms with van der Waals surface area (Å²) in [5.41, 5.74) is 2.94.